The van der Waals surface area contributed by atoms with Crippen molar-refractivity contribution in [1.82, 2.24) is 15.3 Å². The molecule has 0 spiro atoms. The molecule has 25 heavy (non-hydrogen) atoms. The second-order valence-corrected chi connectivity index (χ2v) is 7.09. The van der Waals surface area contributed by atoms with Crippen molar-refractivity contribution in [3.05, 3.63) is 48.3 Å². The van der Waals surface area contributed by atoms with Gasteiger partial charge in [0.05, 0.1) is 6.61 Å². The number of rotatable bonds is 7. The Hall–Kier alpha value is -2.14. The number of aromatic nitrogens is 2. The third-order valence-electron chi connectivity index (χ3n) is 5.03. The van der Waals surface area contributed by atoms with E-state index < -0.39 is 0 Å². The van der Waals surface area contributed by atoms with Gasteiger partial charge in [0.15, 0.2) is 0 Å². The van der Waals surface area contributed by atoms with Crippen molar-refractivity contribution in [3.8, 4) is 5.88 Å². The minimum Gasteiger partial charge on any atom is -0.477 e. The van der Waals surface area contributed by atoms with Gasteiger partial charge in [0.2, 0.25) is 5.88 Å². The number of pyridine rings is 2. The Morgan fingerprint density at radius 1 is 1.04 bits per heavy atom. The molecule has 1 aliphatic heterocycles. The van der Waals surface area contributed by atoms with Gasteiger partial charge in [0.1, 0.15) is 5.82 Å². The molecule has 5 heteroatoms. The summed E-state index contributed by atoms with van der Waals surface area (Å²) in [6, 6.07) is 10.8. The van der Waals surface area contributed by atoms with Gasteiger partial charge in [-0.15, -0.1) is 0 Å². The Kier molecular flexibility index (Phi) is 5.11. The molecule has 1 N–H and O–H groups in total. The quantitative estimate of drug-likeness (QED) is 0.841. The van der Waals surface area contributed by atoms with Crippen molar-refractivity contribution >= 4 is 5.82 Å². The number of hydrogen-bond acceptors (Lipinski definition) is 5. The first kappa shape index (κ1) is 16.3. The molecule has 5 nitrogen and oxygen atoms in total. The lowest BCUT2D eigenvalue weighted by atomic mass is 10.0. The molecule has 4 rings (SSSR count). The number of nitrogens with one attached hydrogen (secondary N) is 1. The van der Waals surface area contributed by atoms with Crippen LogP contribution >= 0.6 is 0 Å². The van der Waals surface area contributed by atoms with E-state index in [1.165, 1.54) is 18.4 Å². The predicted molar refractivity (Wildman–Crippen MR) is 98.8 cm³/mol. The van der Waals surface area contributed by atoms with Crippen LogP contribution in [0.3, 0.4) is 0 Å². The summed E-state index contributed by atoms with van der Waals surface area (Å²) in [6.07, 6.45) is 8.62. The molecule has 0 bridgehead atoms. The van der Waals surface area contributed by atoms with Crippen LogP contribution in [0.15, 0.2) is 42.7 Å². The van der Waals surface area contributed by atoms with E-state index in [9.17, 15) is 0 Å². The largest absolute Gasteiger partial charge is 0.477 e. The summed E-state index contributed by atoms with van der Waals surface area (Å²) in [6.45, 7) is 3.80. The fourth-order valence-electron chi connectivity index (χ4n) is 3.24. The highest BCUT2D eigenvalue weighted by Crippen LogP contribution is 2.29. The van der Waals surface area contributed by atoms with E-state index in [1.54, 1.807) is 0 Å². The van der Waals surface area contributed by atoms with E-state index in [1.807, 2.05) is 18.5 Å². The van der Waals surface area contributed by atoms with Gasteiger partial charge in [-0.25, -0.2) is 9.97 Å². The second-order valence-electron chi connectivity index (χ2n) is 7.09. The number of piperidine rings is 1. The number of nitrogens with zero attached hydrogens (tertiary/aromatic N) is 3. The average Bonchev–Trinajstić information content (AvgIpc) is 3.51. The summed E-state index contributed by atoms with van der Waals surface area (Å²) < 4.78 is 5.77. The predicted octanol–water partition coefficient (Wildman–Crippen LogP) is 3.02. The monoisotopic (exact) mass is 338 g/mol. The van der Waals surface area contributed by atoms with Crippen molar-refractivity contribution in [2.24, 2.45) is 5.92 Å². The lowest BCUT2D eigenvalue weighted by Crippen LogP contribution is -2.42. The maximum absolute atomic E-state index is 5.77. The van der Waals surface area contributed by atoms with Gasteiger partial charge >= 0.3 is 0 Å². The van der Waals surface area contributed by atoms with Crippen molar-refractivity contribution in [3.63, 3.8) is 0 Å². The lowest BCUT2D eigenvalue weighted by Gasteiger charge is -2.33. The van der Waals surface area contributed by atoms with Gasteiger partial charge in [-0.1, -0.05) is 6.07 Å². The first-order chi connectivity index (χ1) is 12.4. The van der Waals surface area contributed by atoms with Gasteiger partial charge in [0.25, 0.3) is 0 Å². The molecule has 2 aromatic heterocycles. The molecule has 1 saturated carbocycles. The van der Waals surface area contributed by atoms with E-state index >= 15 is 0 Å². The summed E-state index contributed by atoms with van der Waals surface area (Å²) in [4.78, 5) is 11.1. The lowest BCUT2D eigenvalue weighted by molar-refractivity contribution is 0.288. The van der Waals surface area contributed by atoms with Crippen molar-refractivity contribution < 1.29 is 4.74 Å². The fraction of sp³-hybridized carbons (Fsp3) is 0.500. The van der Waals surface area contributed by atoms with E-state index in [4.69, 9.17) is 4.74 Å². The summed E-state index contributed by atoms with van der Waals surface area (Å²) in [5, 5.41) is 3.68. The van der Waals surface area contributed by atoms with Crippen molar-refractivity contribution in [1.29, 1.82) is 0 Å². The Balaban J connectivity index is 1.23. The highest BCUT2D eigenvalue weighted by atomic mass is 16.5. The topological polar surface area (TPSA) is 50.3 Å². The molecular weight excluding hydrogens is 312 g/mol. The van der Waals surface area contributed by atoms with Crippen molar-refractivity contribution in [2.75, 3.05) is 24.6 Å². The highest BCUT2D eigenvalue weighted by molar-refractivity contribution is 5.38. The second kappa shape index (κ2) is 7.83. The molecule has 0 atom stereocenters. The van der Waals surface area contributed by atoms with E-state index in [-0.39, 0.29) is 0 Å². The molecule has 132 valence electrons. The molecule has 2 aliphatic rings. The van der Waals surface area contributed by atoms with Gasteiger partial charge in [-0.2, -0.15) is 0 Å². The zero-order valence-corrected chi connectivity index (χ0v) is 14.6. The smallest absolute Gasteiger partial charge is 0.213 e. The van der Waals surface area contributed by atoms with Crippen LogP contribution in [0.2, 0.25) is 0 Å². The molecule has 0 aromatic carbocycles. The van der Waals surface area contributed by atoms with Crippen LogP contribution in [0, 0.1) is 5.92 Å². The fourth-order valence-corrected chi connectivity index (χ4v) is 3.24. The van der Waals surface area contributed by atoms with Crippen molar-refractivity contribution in [2.45, 2.75) is 38.3 Å². The number of hydrogen-bond donors (Lipinski definition) is 1. The van der Waals surface area contributed by atoms with Crippen LogP contribution in [0.5, 0.6) is 5.88 Å². The Morgan fingerprint density at radius 3 is 2.68 bits per heavy atom. The maximum atomic E-state index is 5.77. The van der Waals surface area contributed by atoms with E-state index in [2.05, 4.69) is 44.5 Å². The van der Waals surface area contributed by atoms with Crippen LogP contribution in [0.25, 0.3) is 0 Å². The van der Waals surface area contributed by atoms with Gasteiger partial charge in [0, 0.05) is 44.1 Å². The zero-order chi connectivity index (χ0) is 16.9. The van der Waals surface area contributed by atoms with Crippen LogP contribution in [0.4, 0.5) is 5.82 Å². The summed E-state index contributed by atoms with van der Waals surface area (Å²) in [7, 11) is 0. The third-order valence-corrected chi connectivity index (χ3v) is 5.03. The number of ether oxygens (including phenoxy) is 1. The number of anilines is 1. The molecule has 1 saturated heterocycles. The van der Waals surface area contributed by atoms with Gasteiger partial charge in [-0.3, -0.25) is 0 Å². The first-order valence-corrected chi connectivity index (χ1v) is 9.34. The minimum absolute atomic E-state index is 0.559. The van der Waals surface area contributed by atoms with Crippen LogP contribution in [-0.2, 0) is 6.54 Å². The molecule has 3 heterocycles. The van der Waals surface area contributed by atoms with Crippen LogP contribution < -0.4 is 15.0 Å². The first-order valence-electron chi connectivity index (χ1n) is 9.34. The minimum atomic E-state index is 0.559. The molecule has 1 aliphatic carbocycles. The average molecular weight is 338 g/mol. The molecule has 2 fully saturated rings. The third kappa shape index (κ3) is 4.69. The molecule has 0 radical (unpaired) electrons. The van der Waals surface area contributed by atoms with Gasteiger partial charge < -0.3 is 15.0 Å². The summed E-state index contributed by atoms with van der Waals surface area (Å²) >= 11 is 0. The molecular formula is C20H26N4O. The Labute approximate surface area is 149 Å². The Morgan fingerprint density at radius 2 is 1.92 bits per heavy atom. The zero-order valence-electron chi connectivity index (χ0n) is 14.6. The summed E-state index contributed by atoms with van der Waals surface area (Å²) in [5.74, 6) is 2.61. The van der Waals surface area contributed by atoms with Gasteiger partial charge in [-0.05, 0) is 55.4 Å². The Bertz CT molecular complexity index is 666. The normalized spacial score (nSPS) is 18.3. The molecule has 0 unspecified atom stereocenters. The van der Waals surface area contributed by atoms with E-state index in [0.29, 0.717) is 6.04 Å². The SMILES string of the molecule is c1ccc(N2CCC(NCc3ccnc(OCC4CC4)c3)CC2)nc1. The van der Waals surface area contributed by atoms with E-state index in [0.717, 1.165) is 56.7 Å². The summed E-state index contributed by atoms with van der Waals surface area (Å²) in [5.41, 5.74) is 1.24. The molecule has 0 amide bonds. The standard InChI is InChI=1S/C20H26N4O/c1-2-9-21-19(3-1)24-11-7-18(8-12-24)23-14-17-6-10-22-20(13-17)25-15-16-4-5-16/h1-3,6,9-10,13,16,18,23H,4-5,7-8,11-12,14-15H2. The highest BCUT2D eigenvalue weighted by Gasteiger charge is 2.22. The molecule has 2 aromatic rings. The van der Waals surface area contributed by atoms with Crippen LogP contribution in [-0.4, -0.2) is 35.7 Å². The maximum Gasteiger partial charge on any atom is 0.213 e. The van der Waals surface area contributed by atoms with Crippen LogP contribution in [0.1, 0.15) is 31.2 Å².